The van der Waals surface area contributed by atoms with Crippen molar-refractivity contribution in [1.29, 1.82) is 0 Å². The lowest BCUT2D eigenvalue weighted by molar-refractivity contribution is -0.275. The molecule has 0 bridgehead atoms. The number of hydrogen-bond donors (Lipinski definition) is 1. The van der Waals surface area contributed by atoms with E-state index in [1.165, 1.54) is 18.3 Å². The van der Waals surface area contributed by atoms with Gasteiger partial charge >= 0.3 is 6.36 Å². The summed E-state index contributed by atoms with van der Waals surface area (Å²) in [4.78, 5) is 16.0. The van der Waals surface area contributed by atoms with Crippen LogP contribution in [0.4, 0.5) is 23.2 Å². The number of alkyl halides is 4. The van der Waals surface area contributed by atoms with Gasteiger partial charge in [0, 0.05) is 6.61 Å². The van der Waals surface area contributed by atoms with E-state index in [9.17, 15) is 30.8 Å². The van der Waals surface area contributed by atoms with Gasteiger partial charge in [-0.25, -0.2) is 17.8 Å². The highest BCUT2D eigenvalue weighted by Gasteiger charge is 2.35. The van der Waals surface area contributed by atoms with Crippen LogP contribution in [0.2, 0.25) is 5.02 Å². The van der Waals surface area contributed by atoms with Crippen LogP contribution in [-0.4, -0.2) is 55.0 Å². The smallest absolute Gasteiger partial charge is 0.404 e. The summed E-state index contributed by atoms with van der Waals surface area (Å²) in [6, 6.07) is 5.56. The van der Waals surface area contributed by atoms with E-state index in [2.05, 4.69) is 20.1 Å². The molecule has 0 spiro atoms. The van der Waals surface area contributed by atoms with Gasteiger partial charge in [-0.2, -0.15) is 9.78 Å². The average Bonchev–Trinajstić information content (AvgIpc) is 2.89. The van der Waals surface area contributed by atoms with Crippen molar-refractivity contribution in [2.24, 2.45) is 0 Å². The number of benzene rings is 1. The second-order valence-electron chi connectivity index (χ2n) is 8.79. The van der Waals surface area contributed by atoms with Crippen molar-refractivity contribution < 1.29 is 35.5 Å². The van der Waals surface area contributed by atoms with Gasteiger partial charge in [0.15, 0.2) is 10.7 Å². The number of rotatable bonds is 8. The summed E-state index contributed by atoms with van der Waals surface area (Å²) in [6.45, 7) is 1.95. The quantitative estimate of drug-likeness (QED) is 0.382. The lowest BCUT2D eigenvalue weighted by atomic mass is 9.99. The molecule has 0 amide bonds. The van der Waals surface area contributed by atoms with E-state index < -0.39 is 43.1 Å². The molecule has 0 aliphatic carbocycles. The predicted octanol–water partition coefficient (Wildman–Crippen LogP) is 4.51. The summed E-state index contributed by atoms with van der Waals surface area (Å²) in [5.74, 6) is -0.895. The SMILES string of the molecule is CCc1ccc(OC(F)(F)F)c(S(=O)(=O)c2ccc(-n3ncc(NC[C@@]4(F)CCCOC4)c(Cl)c3=O)cn2)c1. The Labute approximate surface area is 225 Å². The van der Waals surface area contributed by atoms with Crippen molar-refractivity contribution in [1.82, 2.24) is 14.8 Å². The molecule has 1 atom stereocenters. The zero-order valence-electron chi connectivity index (χ0n) is 20.5. The average molecular weight is 591 g/mol. The third kappa shape index (κ3) is 6.50. The molecule has 9 nitrogen and oxygen atoms in total. The van der Waals surface area contributed by atoms with Gasteiger partial charge in [0.25, 0.3) is 5.56 Å². The van der Waals surface area contributed by atoms with Gasteiger partial charge in [0.2, 0.25) is 9.84 Å². The summed E-state index contributed by atoms with van der Waals surface area (Å²) < 4.78 is 89.8. The number of aryl methyl sites for hydroxylation is 1. The van der Waals surface area contributed by atoms with Crippen LogP contribution in [0.25, 0.3) is 5.69 Å². The molecule has 15 heteroatoms. The summed E-state index contributed by atoms with van der Waals surface area (Å²) >= 11 is 6.18. The Morgan fingerprint density at radius 2 is 2.00 bits per heavy atom. The molecule has 0 saturated carbocycles. The van der Waals surface area contributed by atoms with Gasteiger partial charge in [0.1, 0.15) is 15.7 Å². The number of halogens is 5. The minimum absolute atomic E-state index is 0.0316. The molecule has 4 rings (SSSR count). The normalized spacial score (nSPS) is 18.1. The van der Waals surface area contributed by atoms with Crippen molar-refractivity contribution in [2.45, 2.75) is 48.1 Å². The third-order valence-corrected chi connectivity index (χ3v) is 8.02. The topological polar surface area (TPSA) is 112 Å². The van der Waals surface area contributed by atoms with Crippen LogP contribution in [-0.2, 0) is 21.0 Å². The first kappa shape index (κ1) is 28.8. The van der Waals surface area contributed by atoms with Crippen LogP contribution in [0.3, 0.4) is 0 Å². The molecule has 39 heavy (non-hydrogen) atoms. The molecule has 2 aromatic heterocycles. The molecule has 210 valence electrons. The molecule has 1 aliphatic heterocycles. The van der Waals surface area contributed by atoms with Gasteiger partial charge < -0.3 is 14.8 Å². The number of nitrogens with one attached hydrogen (secondary N) is 1. The minimum Gasteiger partial charge on any atom is -0.404 e. The van der Waals surface area contributed by atoms with E-state index in [1.807, 2.05) is 0 Å². The van der Waals surface area contributed by atoms with E-state index in [4.69, 9.17) is 16.3 Å². The molecule has 3 heterocycles. The second-order valence-corrected chi connectivity index (χ2v) is 11.0. The summed E-state index contributed by atoms with van der Waals surface area (Å²) in [7, 11) is -4.55. The van der Waals surface area contributed by atoms with Gasteiger partial charge in [-0.05, 0) is 49.1 Å². The van der Waals surface area contributed by atoms with Crippen LogP contribution >= 0.6 is 11.6 Å². The number of ether oxygens (including phenoxy) is 2. The maximum atomic E-state index is 14.8. The van der Waals surface area contributed by atoms with Gasteiger partial charge in [-0.15, -0.1) is 13.2 Å². The van der Waals surface area contributed by atoms with Gasteiger partial charge in [-0.3, -0.25) is 4.79 Å². The summed E-state index contributed by atoms with van der Waals surface area (Å²) in [6.07, 6.45) is -1.69. The Hall–Kier alpha value is -3.23. The molecule has 1 aromatic carbocycles. The van der Waals surface area contributed by atoms with Gasteiger partial charge in [0.05, 0.1) is 36.9 Å². The highest BCUT2D eigenvalue weighted by atomic mass is 35.5. The first-order valence-corrected chi connectivity index (χ1v) is 13.6. The van der Waals surface area contributed by atoms with Crippen molar-refractivity contribution in [3.05, 3.63) is 63.7 Å². The largest absolute Gasteiger partial charge is 0.573 e. The highest BCUT2D eigenvalue weighted by Crippen LogP contribution is 2.34. The maximum absolute atomic E-state index is 14.8. The van der Waals surface area contributed by atoms with Crippen molar-refractivity contribution >= 4 is 27.1 Å². The van der Waals surface area contributed by atoms with Crippen LogP contribution in [0.1, 0.15) is 25.3 Å². The zero-order valence-corrected chi connectivity index (χ0v) is 22.0. The molecular formula is C24H23ClF4N4O5S. The Balaban J connectivity index is 1.60. The van der Waals surface area contributed by atoms with E-state index in [0.29, 0.717) is 25.0 Å². The number of anilines is 1. The highest BCUT2D eigenvalue weighted by molar-refractivity contribution is 7.91. The van der Waals surface area contributed by atoms with Crippen molar-refractivity contribution in [3.8, 4) is 11.4 Å². The van der Waals surface area contributed by atoms with Gasteiger partial charge in [-0.1, -0.05) is 24.6 Å². The zero-order chi connectivity index (χ0) is 28.4. The van der Waals surface area contributed by atoms with Crippen LogP contribution in [0, 0.1) is 0 Å². The van der Waals surface area contributed by atoms with Crippen LogP contribution in [0.5, 0.6) is 5.75 Å². The van der Waals surface area contributed by atoms with E-state index in [-0.39, 0.29) is 36.0 Å². The van der Waals surface area contributed by atoms with Crippen molar-refractivity contribution in [3.63, 3.8) is 0 Å². The molecule has 1 fully saturated rings. The summed E-state index contributed by atoms with van der Waals surface area (Å²) in [5, 5.41) is 5.90. The molecule has 1 N–H and O–H groups in total. The van der Waals surface area contributed by atoms with E-state index in [1.54, 1.807) is 6.92 Å². The third-order valence-electron chi connectivity index (χ3n) is 5.96. The number of aromatic nitrogens is 3. The summed E-state index contributed by atoms with van der Waals surface area (Å²) in [5.41, 5.74) is -1.81. The number of sulfone groups is 1. The second kappa shape index (κ2) is 11.1. The van der Waals surface area contributed by atoms with E-state index >= 15 is 0 Å². The Morgan fingerprint density at radius 1 is 1.23 bits per heavy atom. The first-order valence-electron chi connectivity index (χ1n) is 11.7. The minimum atomic E-state index is -5.11. The molecule has 1 aliphatic rings. The van der Waals surface area contributed by atoms with Crippen LogP contribution < -0.4 is 15.6 Å². The Bertz CT molecular complexity index is 1510. The standard InChI is InChI=1S/C24H23ClF4N4O5S/c1-2-15-4-6-18(38-24(27,28)29)19(10-15)39(35,36)20-7-5-16(11-30-20)33-22(34)21(25)17(12-32-33)31-13-23(26)8-3-9-37-14-23/h4-7,10-12,31H,2-3,8-9,13-14H2,1H3/t23-/m0/s1. The molecule has 3 aromatic rings. The number of nitrogens with zero attached hydrogens (tertiary/aromatic N) is 3. The van der Waals surface area contributed by atoms with Crippen molar-refractivity contribution in [2.75, 3.05) is 25.1 Å². The monoisotopic (exact) mass is 590 g/mol. The Kier molecular flexibility index (Phi) is 8.19. The molecular weight excluding hydrogens is 568 g/mol. The molecule has 1 saturated heterocycles. The first-order chi connectivity index (χ1) is 18.3. The van der Waals surface area contributed by atoms with E-state index in [0.717, 1.165) is 29.1 Å². The Morgan fingerprint density at radius 3 is 2.62 bits per heavy atom. The maximum Gasteiger partial charge on any atom is 0.573 e. The lowest BCUT2D eigenvalue weighted by Gasteiger charge is -2.29. The number of hydrogen-bond acceptors (Lipinski definition) is 8. The van der Waals surface area contributed by atoms with Crippen LogP contribution in [0.15, 0.2) is 57.4 Å². The fourth-order valence-electron chi connectivity index (χ4n) is 3.91. The fraction of sp³-hybridized carbons (Fsp3) is 0.375. The predicted molar refractivity (Wildman–Crippen MR) is 133 cm³/mol. The fourth-order valence-corrected chi connectivity index (χ4v) is 5.45. The number of pyridine rings is 1. The molecule has 0 radical (unpaired) electrons. The lowest BCUT2D eigenvalue weighted by Crippen LogP contribution is -2.40. The molecule has 0 unspecified atom stereocenters.